The maximum atomic E-state index is 11.2. The summed E-state index contributed by atoms with van der Waals surface area (Å²) in [5.74, 6) is 0.661. The Bertz CT molecular complexity index is 549. The van der Waals surface area contributed by atoms with Gasteiger partial charge >= 0.3 is 0 Å². The number of ketones is 1. The van der Waals surface area contributed by atoms with E-state index in [4.69, 9.17) is 0 Å². The Morgan fingerprint density at radius 2 is 2.25 bits per heavy atom. The minimum Gasteiger partial charge on any atom is -0.300 e. The van der Waals surface area contributed by atoms with Crippen LogP contribution in [0.4, 0.5) is 0 Å². The van der Waals surface area contributed by atoms with Crippen LogP contribution in [0, 0.1) is 6.92 Å². The van der Waals surface area contributed by atoms with Gasteiger partial charge in [-0.2, -0.15) is 9.50 Å². The lowest BCUT2D eigenvalue weighted by atomic mass is 10.2. The monoisotopic (exact) mass is 236 g/mol. The van der Waals surface area contributed by atoms with Crippen LogP contribution in [0.1, 0.15) is 18.3 Å². The number of aryl methyl sites for hydroxylation is 1. The van der Waals surface area contributed by atoms with Crippen LogP contribution >= 0.6 is 11.8 Å². The van der Waals surface area contributed by atoms with Crippen LogP contribution in [-0.2, 0) is 11.2 Å². The molecule has 2 aromatic heterocycles. The van der Waals surface area contributed by atoms with Gasteiger partial charge in [-0.1, -0.05) is 11.8 Å². The molecule has 0 saturated carbocycles. The van der Waals surface area contributed by atoms with Crippen LogP contribution in [0.5, 0.6) is 0 Å². The van der Waals surface area contributed by atoms with Crippen LogP contribution in [0.3, 0.4) is 0 Å². The van der Waals surface area contributed by atoms with Crippen molar-refractivity contribution in [3.8, 4) is 0 Å². The number of thioether (sulfide) groups is 1. The van der Waals surface area contributed by atoms with Crippen LogP contribution in [0.2, 0.25) is 0 Å². The molecule has 0 radical (unpaired) electrons. The molecule has 0 amide bonds. The van der Waals surface area contributed by atoms with Crippen LogP contribution in [-0.4, -0.2) is 31.6 Å². The molecule has 0 aromatic carbocycles. The summed E-state index contributed by atoms with van der Waals surface area (Å²) in [4.78, 5) is 19.7. The molecule has 0 saturated heterocycles. The molecule has 0 atom stereocenters. The van der Waals surface area contributed by atoms with Crippen molar-refractivity contribution in [2.75, 3.05) is 6.26 Å². The predicted molar refractivity (Wildman–Crippen MR) is 61.7 cm³/mol. The second-order valence-corrected chi connectivity index (χ2v) is 4.35. The molecule has 0 aliphatic heterocycles. The van der Waals surface area contributed by atoms with Crippen molar-refractivity contribution in [1.82, 2.24) is 19.6 Å². The van der Waals surface area contributed by atoms with E-state index in [9.17, 15) is 4.79 Å². The Balaban J connectivity index is 2.61. The van der Waals surface area contributed by atoms with E-state index < -0.39 is 0 Å². The number of hydrogen-bond donors (Lipinski definition) is 0. The summed E-state index contributed by atoms with van der Waals surface area (Å²) in [5.41, 5.74) is 1.69. The number of carbonyl (C=O) groups is 1. The molecule has 6 heteroatoms. The molecule has 0 spiro atoms. The Hall–Kier alpha value is -1.43. The van der Waals surface area contributed by atoms with Gasteiger partial charge in [-0.25, -0.2) is 4.98 Å². The van der Waals surface area contributed by atoms with E-state index in [0.717, 1.165) is 11.4 Å². The number of nitrogens with zero attached hydrogens (tertiary/aromatic N) is 4. The summed E-state index contributed by atoms with van der Waals surface area (Å²) in [6.45, 7) is 3.45. The minimum absolute atomic E-state index is 0.105. The van der Waals surface area contributed by atoms with Crippen molar-refractivity contribution >= 4 is 23.3 Å². The summed E-state index contributed by atoms with van der Waals surface area (Å²) in [6, 6.07) is 1.87. The van der Waals surface area contributed by atoms with Crippen LogP contribution < -0.4 is 0 Å². The first kappa shape index (κ1) is 11.1. The molecule has 0 bridgehead atoms. The van der Waals surface area contributed by atoms with Gasteiger partial charge in [0.05, 0.1) is 5.69 Å². The number of carbonyl (C=O) groups excluding carboxylic acids is 1. The third-order valence-corrected chi connectivity index (χ3v) is 2.65. The number of rotatable bonds is 3. The first-order valence-corrected chi connectivity index (χ1v) is 6.09. The van der Waals surface area contributed by atoms with Gasteiger partial charge in [0.1, 0.15) is 5.78 Å². The van der Waals surface area contributed by atoms with Crippen molar-refractivity contribution in [1.29, 1.82) is 0 Å². The molecule has 2 rings (SSSR count). The molecule has 2 heterocycles. The SMILES string of the molecule is CSc1nc2nc(C)cc(CC(C)=O)n2n1. The maximum absolute atomic E-state index is 11.2. The highest BCUT2D eigenvalue weighted by molar-refractivity contribution is 7.98. The van der Waals surface area contributed by atoms with Gasteiger partial charge < -0.3 is 0 Å². The van der Waals surface area contributed by atoms with Crippen molar-refractivity contribution < 1.29 is 4.79 Å². The predicted octanol–water partition coefficient (Wildman–Crippen LogP) is 1.29. The van der Waals surface area contributed by atoms with Gasteiger partial charge in [0.2, 0.25) is 5.16 Å². The molecule has 0 unspecified atom stereocenters. The molecule has 0 N–H and O–H groups in total. The van der Waals surface area contributed by atoms with Crippen LogP contribution in [0.25, 0.3) is 5.78 Å². The van der Waals surface area contributed by atoms with Crippen molar-refractivity contribution in [2.45, 2.75) is 25.4 Å². The second kappa shape index (κ2) is 4.21. The first-order valence-electron chi connectivity index (χ1n) is 4.87. The Labute approximate surface area is 97.3 Å². The third kappa shape index (κ3) is 2.06. The summed E-state index contributed by atoms with van der Waals surface area (Å²) in [7, 11) is 0. The van der Waals surface area contributed by atoms with E-state index in [1.54, 1.807) is 11.4 Å². The zero-order valence-electron chi connectivity index (χ0n) is 9.39. The smallest absolute Gasteiger partial charge is 0.253 e. The third-order valence-electron chi connectivity index (χ3n) is 2.11. The highest BCUT2D eigenvalue weighted by Gasteiger charge is 2.10. The fraction of sp³-hybridized carbons (Fsp3) is 0.400. The summed E-state index contributed by atoms with van der Waals surface area (Å²) in [5, 5.41) is 4.95. The van der Waals surface area contributed by atoms with Crippen molar-refractivity contribution in [3.63, 3.8) is 0 Å². The molecular formula is C10H12N4OS. The quantitative estimate of drug-likeness (QED) is 0.751. The number of aromatic nitrogens is 4. The number of Topliss-reactive ketones (excluding diaryl/α,β-unsaturated/α-hetero) is 1. The molecule has 2 aromatic rings. The lowest BCUT2D eigenvalue weighted by Gasteiger charge is -2.02. The molecular weight excluding hydrogens is 224 g/mol. The van der Waals surface area contributed by atoms with E-state index in [1.165, 1.54) is 11.8 Å². The molecule has 0 fully saturated rings. The summed E-state index contributed by atoms with van der Waals surface area (Å²) >= 11 is 1.46. The standard InChI is InChI=1S/C10H12N4OS/c1-6-4-8(5-7(2)15)14-9(11-6)12-10(13-14)16-3/h4H,5H2,1-3H3. The first-order chi connectivity index (χ1) is 7.60. The van der Waals surface area contributed by atoms with Crippen molar-refractivity contribution in [2.24, 2.45) is 0 Å². The molecule has 84 valence electrons. The van der Waals surface area contributed by atoms with Gasteiger partial charge in [-0.15, -0.1) is 5.10 Å². The van der Waals surface area contributed by atoms with Gasteiger partial charge in [-0.3, -0.25) is 4.79 Å². The Morgan fingerprint density at radius 1 is 1.50 bits per heavy atom. The Kier molecular flexibility index (Phi) is 2.91. The molecule has 0 aliphatic carbocycles. The normalized spacial score (nSPS) is 10.9. The molecule has 5 nitrogen and oxygen atoms in total. The minimum atomic E-state index is 0.105. The average Bonchev–Trinajstić information content (AvgIpc) is 2.59. The van der Waals surface area contributed by atoms with Gasteiger partial charge in [0, 0.05) is 12.1 Å². The number of hydrogen-bond acceptors (Lipinski definition) is 5. The fourth-order valence-electron chi connectivity index (χ4n) is 1.51. The van der Waals surface area contributed by atoms with E-state index in [-0.39, 0.29) is 5.78 Å². The van der Waals surface area contributed by atoms with E-state index >= 15 is 0 Å². The summed E-state index contributed by atoms with van der Waals surface area (Å²) in [6.07, 6.45) is 2.27. The van der Waals surface area contributed by atoms with E-state index in [1.807, 2.05) is 19.2 Å². The van der Waals surface area contributed by atoms with E-state index in [0.29, 0.717) is 17.4 Å². The molecule has 0 aliphatic rings. The van der Waals surface area contributed by atoms with Gasteiger partial charge in [0.25, 0.3) is 5.78 Å². The Morgan fingerprint density at radius 3 is 2.88 bits per heavy atom. The highest BCUT2D eigenvalue weighted by atomic mass is 32.2. The zero-order chi connectivity index (χ0) is 11.7. The lowest BCUT2D eigenvalue weighted by Crippen LogP contribution is -2.06. The maximum Gasteiger partial charge on any atom is 0.253 e. The van der Waals surface area contributed by atoms with Crippen LogP contribution in [0.15, 0.2) is 11.2 Å². The fourth-order valence-corrected chi connectivity index (χ4v) is 1.85. The average molecular weight is 236 g/mol. The van der Waals surface area contributed by atoms with Gasteiger partial charge in [0.15, 0.2) is 0 Å². The van der Waals surface area contributed by atoms with Gasteiger partial charge in [-0.05, 0) is 26.2 Å². The topological polar surface area (TPSA) is 60.2 Å². The lowest BCUT2D eigenvalue weighted by molar-refractivity contribution is -0.116. The summed E-state index contributed by atoms with van der Waals surface area (Å²) < 4.78 is 1.64. The largest absolute Gasteiger partial charge is 0.300 e. The zero-order valence-corrected chi connectivity index (χ0v) is 10.2. The highest BCUT2D eigenvalue weighted by Crippen LogP contribution is 2.12. The van der Waals surface area contributed by atoms with E-state index in [2.05, 4.69) is 15.1 Å². The number of fused-ring (bicyclic) bond motifs is 1. The molecule has 16 heavy (non-hydrogen) atoms. The second-order valence-electron chi connectivity index (χ2n) is 3.58. The van der Waals surface area contributed by atoms with Crippen molar-refractivity contribution in [3.05, 3.63) is 17.5 Å².